The summed E-state index contributed by atoms with van der Waals surface area (Å²) in [5.74, 6) is -4.94. The van der Waals surface area contributed by atoms with Crippen LogP contribution in [0.4, 0.5) is 0 Å². The number of aromatic carboxylic acids is 2. The van der Waals surface area contributed by atoms with Gasteiger partial charge in [0.1, 0.15) is 0 Å². The molecule has 0 fully saturated rings. The van der Waals surface area contributed by atoms with E-state index >= 15 is 0 Å². The zero-order valence-corrected chi connectivity index (χ0v) is 37.5. The van der Waals surface area contributed by atoms with Gasteiger partial charge in [-0.05, 0) is 129 Å². The van der Waals surface area contributed by atoms with Gasteiger partial charge in [-0.3, -0.25) is 0 Å². The molecule has 12 heteroatoms. The lowest BCUT2D eigenvalue weighted by molar-refractivity contribution is 0.0485. The van der Waals surface area contributed by atoms with Crippen molar-refractivity contribution in [2.24, 2.45) is 0 Å². The van der Waals surface area contributed by atoms with E-state index in [1.807, 2.05) is 27.7 Å². The topological polar surface area (TPSA) is 180 Å². The van der Waals surface area contributed by atoms with Gasteiger partial charge in [0.05, 0.1) is 59.8 Å². The van der Waals surface area contributed by atoms with Crippen LogP contribution < -0.4 is 0 Å². The van der Waals surface area contributed by atoms with E-state index in [2.05, 4.69) is 0 Å². The van der Waals surface area contributed by atoms with Crippen LogP contribution in [0.3, 0.4) is 0 Å². The number of hydrogen-bond acceptors (Lipinski definition) is 10. The first kappa shape index (κ1) is 46.6. The van der Waals surface area contributed by atoms with Crippen LogP contribution in [0.25, 0.3) is 65.3 Å². The van der Waals surface area contributed by atoms with Crippen LogP contribution in [-0.2, 0) is 18.9 Å². The molecule has 7 aromatic rings. The van der Waals surface area contributed by atoms with Crippen molar-refractivity contribution in [1.82, 2.24) is 0 Å². The lowest BCUT2D eigenvalue weighted by Gasteiger charge is -2.24. The van der Waals surface area contributed by atoms with Crippen molar-refractivity contribution in [3.63, 3.8) is 0 Å². The van der Waals surface area contributed by atoms with Crippen LogP contribution in [0.5, 0.6) is 0 Å². The summed E-state index contributed by atoms with van der Waals surface area (Å²) >= 11 is 0. The van der Waals surface area contributed by atoms with Crippen molar-refractivity contribution in [3.8, 4) is 22.3 Å². The molecule has 0 heterocycles. The number of esters is 4. The van der Waals surface area contributed by atoms with E-state index in [1.54, 1.807) is 60.7 Å². The first-order chi connectivity index (χ1) is 31.9. The van der Waals surface area contributed by atoms with Gasteiger partial charge in [0, 0.05) is 10.8 Å². The SMILES string of the molecule is CCCCOC(=O)c1ccc2c3c(-c4ccc(C(=O)O)cc4)cc(C(=O)OCCCC)c4c(C(=O)OCCCC)ccc(c5c(-c6ccc(C(=O)O)cc6)cc(C(=O)OCCCC)c1c25)c43. The molecule has 66 heavy (non-hydrogen) atoms. The molecule has 0 aliphatic rings. The molecule has 340 valence electrons. The van der Waals surface area contributed by atoms with Gasteiger partial charge < -0.3 is 29.2 Å². The van der Waals surface area contributed by atoms with Crippen LogP contribution >= 0.6 is 0 Å². The Morgan fingerprint density at radius 3 is 0.970 bits per heavy atom. The number of carboxylic acids is 2. The Hall–Kier alpha value is -7.34. The highest BCUT2D eigenvalue weighted by Gasteiger charge is 2.31. The summed E-state index contributed by atoms with van der Waals surface area (Å²) in [6.07, 6.45) is 5.47. The van der Waals surface area contributed by atoms with Crippen molar-refractivity contribution in [2.45, 2.75) is 79.1 Å². The summed E-state index contributed by atoms with van der Waals surface area (Å²) < 4.78 is 23.4. The second kappa shape index (κ2) is 20.7. The Kier molecular flexibility index (Phi) is 14.6. The smallest absolute Gasteiger partial charge is 0.338 e. The minimum atomic E-state index is -1.13. The Labute approximate surface area is 381 Å². The number of fused-ring (bicyclic) bond motifs is 2. The van der Waals surface area contributed by atoms with Gasteiger partial charge in [0.25, 0.3) is 0 Å². The van der Waals surface area contributed by atoms with E-state index in [0.29, 0.717) is 80.3 Å². The summed E-state index contributed by atoms with van der Waals surface area (Å²) in [4.78, 5) is 81.6. The fourth-order valence-corrected chi connectivity index (χ4v) is 8.36. The van der Waals surface area contributed by atoms with Crippen LogP contribution in [0, 0.1) is 0 Å². The summed E-state index contributed by atoms with van der Waals surface area (Å²) in [6, 6.07) is 22.4. The lowest BCUT2D eigenvalue weighted by atomic mass is 9.79. The Morgan fingerprint density at radius 1 is 0.379 bits per heavy atom. The molecule has 2 N–H and O–H groups in total. The monoisotopic (exact) mass is 892 g/mol. The van der Waals surface area contributed by atoms with Crippen LogP contribution in [0.1, 0.15) is 141 Å². The fraction of sp³-hybridized carbons (Fsp3) is 0.296. The average Bonchev–Trinajstić information content (AvgIpc) is 3.32. The largest absolute Gasteiger partial charge is 0.478 e. The molecule has 7 rings (SSSR count). The number of hydrogen-bond donors (Lipinski definition) is 2. The summed E-state index contributed by atoms with van der Waals surface area (Å²) in [5.41, 5.74) is 2.46. The highest BCUT2D eigenvalue weighted by atomic mass is 16.5. The van der Waals surface area contributed by atoms with Crippen molar-refractivity contribution in [3.05, 3.63) is 118 Å². The molecule has 0 aliphatic heterocycles. The highest BCUT2D eigenvalue weighted by molar-refractivity contribution is 6.42. The van der Waals surface area contributed by atoms with E-state index in [-0.39, 0.29) is 70.6 Å². The van der Waals surface area contributed by atoms with Gasteiger partial charge in [-0.15, -0.1) is 0 Å². The zero-order valence-electron chi connectivity index (χ0n) is 37.5. The summed E-state index contributed by atoms with van der Waals surface area (Å²) in [5, 5.41) is 23.3. The zero-order chi connectivity index (χ0) is 47.1. The molecule has 0 atom stereocenters. The molecule has 0 unspecified atom stereocenters. The maximum absolute atomic E-state index is 14.5. The van der Waals surface area contributed by atoms with E-state index in [4.69, 9.17) is 18.9 Å². The molecule has 0 aliphatic carbocycles. The Bertz CT molecular complexity index is 2780. The fourth-order valence-electron chi connectivity index (χ4n) is 8.36. The molecule has 12 nitrogen and oxygen atoms in total. The standard InChI is InChI=1S/C54H52O12/c1-5-9-25-63-51(59)37-23-21-35-44-40(32-15-19-34(20-16-32)50(57)58)30-42(54(62)66-28-12-8-4)46-38(52(60)64-26-10-6-2)24-22-36(48(44)46)43-39(31-13-17-33(18-14-31)49(55)56)29-41(45(37)47(35)43)53(61)65-27-11-7-3/h13-24,29-30H,5-12,25-28H2,1-4H3,(H,55,56)(H,57,58). The van der Waals surface area contributed by atoms with Gasteiger partial charge in [-0.2, -0.15) is 0 Å². The number of rotatable bonds is 20. The number of benzene rings is 7. The quantitative estimate of drug-likeness (QED) is 0.0243. The maximum Gasteiger partial charge on any atom is 0.338 e. The van der Waals surface area contributed by atoms with Crippen LogP contribution in [-0.4, -0.2) is 72.5 Å². The molecule has 0 saturated heterocycles. The lowest BCUT2D eigenvalue weighted by Crippen LogP contribution is -2.14. The number of unbranched alkanes of at least 4 members (excludes halogenated alkanes) is 4. The molecule has 0 amide bonds. The number of ether oxygens (including phenoxy) is 4. The van der Waals surface area contributed by atoms with Crippen molar-refractivity contribution in [1.29, 1.82) is 0 Å². The minimum absolute atomic E-state index is 0.0358. The molecule has 0 spiro atoms. The summed E-state index contributed by atoms with van der Waals surface area (Å²) in [6.45, 7) is 8.40. The van der Waals surface area contributed by atoms with Crippen LogP contribution in [0.2, 0.25) is 0 Å². The molecule has 7 aromatic carbocycles. The van der Waals surface area contributed by atoms with Gasteiger partial charge in [0.2, 0.25) is 0 Å². The first-order valence-electron chi connectivity index (χ1n) is 22.6. The molecule has 0 bridgehead atoms. The van der Waals surface area contributed by atoms with E-state index in [1.165, 1.54) is 24.3 Å². The average molecular weight is 893 g/mol. The highest BCUT2D eigenvalue weighted by Crippen LogP contribution is 2.50. The normalized spacial score (nSPS) is 11.3. The van der Waals surface area contributed by atoms with Gasteiger partial charge in [0.15, 0.2) is 0 Å². The van der Waals surface area contributed by atoms with Crippen molar-refractivity contribution >= 4 is 78.9 Å². The molecule has 0 saturated carbocycles. The molecule has 0 aromatic heterocycles. The number of carboxylic acid groups (broad SMARTS) is 2. The summed E-state index contributed by atoms with van der Waals surface area (Å²) in [7, 11) is 0. The first-order valence-corrected chi connectivity index (χ1v) is 22.6. The predicted molar refractivity (Wildman–Crippen MR) is 253 cm³/mol. The van der Waals surface area contributed by atoms with Gasteiger partial charge in [-0.25, -0.2) is 28.8 Å². The third-order valence-corrected chi connectivity index (χ3v) is 11.8. The van der Waals surface area contributed by atoms with E-state index in [0.717, 1.165) is 25.7 Å². The van der Waals surface area contributed by atoms with Gasteiger partial charge >= 0.3 is 35.8 Å². The second-order valence-corrected chi connectivity index (χ2v) is 16.2. The number of carbonyl (C=O) groups excluding carboxylic acids is 4. The van der Waals surface area contributed by atoms with Crippen LogP contribution in [0.15, 0.2) is 84.9 Å². The van der Waals surface area contributed by atoms with Crippen molar-refractivity contribution < 1.29 is 57.9 Å². The van der Waals surface area contributed by atoms with Gasteiger partial charge in [-0.1, -0.05) is 89.8 Å². The van der Waals surface area contributed by atoms with E-state index in [9.17, 15) is 39.0 Å². The third kappa shape index (κ3) is 9.13. The number of carbonyl (C=O) groups is 6. The second-order valence-electron chi connectivity index (χ2n) is 16.2. The Balaban J connectivity index is 1.75. The molecular weight excluding hydrogens is 841 g/mol. The molecular formula is C54H52O12. The predicted octanol–water partition coefficient (Wildman–Crippen LogP) is 12.3. The minimum Gasteiger partial charge on any atom is -0.478 e. The van der Waals surface area contributed by atoms with E-state index < -0.39 is 35.8 Å². The maximum atomic E-state index is 14.5. The molecule has 0 radical (unpaired) electrons. The Morgan fingerprint density at radius 2 is 0.682 bits per heavy atom. The third-order valence-electron chi connectivity index (χ3n) is 11.8. The van der Waals surface area contributed by atoms with Crippen molar-refractivity contribution in [2.75, 3.05) is 26.4 Å².